The third-order valence-electron chi connectivity index (χ3n) is 5.99. The molecule has 3 unspecified atom stereocenters. The van der Waals surface area contributed by atoms with Gasteiger partial charge in [0.05, 0.1) is 11.4 Å². The molecule has 1 aromatic carbocycles. The minimum absolute atomic E-state index is 0.226. The number of likely N-dealkylation sites (tertiary alicyclic amines) is 1. The number of nitrogens with zero attached hydrogens (tertiary/aromatic N) is 4. The number of carbonyl (C=O) groups excluding carboxylic acids is 1. The molecular weight excluding hydrogens is 380 g/mol. The number of hydrogen-bond donors (Lipinski definition) is 0. The minimum atomic E-state index is 0.226. The van der Waals surface area contributed by atoms with Crippen LogP contribution in [0.5, 0.6) is 0 Å². The average molecular weight is 405 g/mol. The minimum Gasteiger partial charge on any atom is -0.339 e. The van der Waals surface area contributed by atoms with E-state index in [0.29, 0.717) is 22.7 Å². The van der Waals surface area contributed by atoms with Crippen LogP contribution >= 0.6 is 23.4 Å². The van der Waals surface area contributed by atoms with Gasteiger partial charge in [-0.2, -0.15) is 0 Å². The maximum atomic E-state index is 13.0. The van der Waals surface area contributed by atoms with Crippen molar-refractivity contribution in [1.82, 2.24) is 19.7 Å². The topological polar surface area (TPSA) is 51.0 Å². The summed E-state index contributed by atoms with van der Waals surface area (Å²) in [5, 5.41) is 9.60. The smallest absolute Gasteiger partial charge is 0.233 e. The lowest BCUT2D eigenvalue weighted by Gasteiger charge is -2.47. The largest absolute Gasteiger partial charge is 0.339 e. The first kappa shape index (κ1) is 18.8. The summed E-state index contributed by atoms with van der Waals surface area (Å²) in [5.41, 5.74) is 0.904. The van der Waals surface area contributed by atoms with E-state index in [1.165, 1.54) is 31.0 Å². The van der Waals surface area contributed by atoms with Gasteiger partial charge >= 0.3 is 0 Å². The van der Waals surface area contributed by atoms with Crippen molar-refractivity contribution in [2.75, 3.05) is 12.3 Å². The van der Waals surface area contributed by atoms with E-state index < -0.39 is 0 Å². The van der Waals surface area contributed by atoms with Gasteiger partial charge in [-0.15, -0.1) is 10.2 Å². The molecule has 1 saturated heterocycles. The number of rotatable bonds is 4. The van der Waals surface area contributed by atoms with Crippen molar-refractivity contribution < 1.29 is 4.79 Å². The first-order chi connectivity index (χ1) is 13.1. The van der Waals surface area contributed by atoms with E-state index in [2.05, 4.69) is 22.0 Å². The summed E-state index contributed by atoms with van der Waals surface area (Å²) in [6.07, 6.45) is 7.77. The van der Waals surface area contributed by atoms with E-state index in [9.17, 15) is 4.79 Å². The molecule has 2 aromatic rings. The van der Waals surface area contributed by atoms with Gasteiger partial charge < -0.3 is 4.90 Å². The Morgan fingerprint density at radius 3 is 3.00 bits per heavy atom. The zero-order chi connectivity index (χ0) is 18.8. The fourth-order valence-corrected chi connectivity index (χ4v) is 5.56. The molecule has 2 heterocycles. The second kappa shape index (κ2) is 8.23. The van der Waals surface area contributed by atoms with Crippen LogP contribution in [0.2, 0.25) is 5.02 Å². The average Bonchev–Trinajstić information content (AvgIpc) is 3.15. The third-order valence-corrected chi connectivity index (χ3v) is 7.15. The van der Waals surface area contributed by atoms with Gasteiger partial charge in [0.25, 0.3) is 0 Å². The standard InChI is InChI=1S/C20H25ClN4OS/c1-14-9-10-24(18-8-3-2-7-17(14)18)19(26)12-27-20-23-22-13-25(20)16-6-4-5-15(21)11-16/h4-6,11,13-14,17-18H,2-3,7-10,12H2,1H3. The summed E-state index contributed by atoms with van der Waals surface area (Å²) >= 11 is 7.55. The number of piperidine rings is 1. The molecule has 27 heavy (non-hydrogen) atoms. The molecule has 2 aliphatic rings. The van der Waals surface area contributed by atoms with E-state index in [0.717, 1.165) is 36.1 Å². The summed E-state index contributed by atoms with van der Waals surface area (Å²) in [5.74, 6) is 2.04. The Kier molecular flexibility index (Phi) is 5.74. The van der Waals surface area contributed by atoms with Crippen molar-refractivity contribution in [1.29, 1.82) is 0 Å². The number of hydrogen-bond acceptors (Lipinski definition) is 4. The molecule has 1 aliphatic heterocycles. The lowest BCUT2D eigenvalue weighted by atomic mass is 9.72. The van der Waals surface area contributed by atoms with E-state index in [-0.39, 0.29) is 5.91 Å². The molecule has 5 nitrogen and oxygen atoms in total. The lowest BCUT2D eigenvalue weighted by molar-refractivity contribution is -0.136. The van der Waals surface area contributed by atoms with Crippen molar-refractivity contribution in [2.45, 2.75) is 50.2 Å². The molecule has 4 rings (SSSR count). The van der Waals surface area contributed by atoms with Gasteiger partial charge in [-0.25, -0.2) is 0 Å². The Bertz CT molecular complexity index is 811. The normalized spacial score (nSPS) is 25.3. The van der Waals surface area contributed by atoms with Crippen LogP contribution in [0.1, 0.15) is 39.0 Å². The number of amides is 1. The fourth-order valence-electron chi connectivity index (χ4n) is 4.56. The van der Waals surface area contributed by atoms with E-state index in [1.54, 1.807) is 6.33 Å². The number of aromatic nitrogens is 3. The molecule has 1 aliphatic carbocycles. The SMILES string of the molecule is CC1CCN(C(=O)CSc2nncn2-c2cccc(Cl)c2)C2CCCCC12. The highest BCUT2D eigenvalue weighted by Crippen LogP contribution is 2.39. The van der Waals surface area contributed by atoms with Gasteiger partial charge in [0.15, 0.2) is 5.16 Å². The Morgan fingerprint density at radius 2 is 2.15 bits per heavy atom. The van der Waals surface area contributed by atoms with Crippen LogP contribution in [0, 0.1) is 11.8 Å². The molecule has 1 saturated carbocycles. The summed E-state index contributed by atoms with van der Waals surface area (Å²) in [6, 6.07) is 8.00. The van der Waals surface area contributed by atoms with Gasteiger partial charge in [0.2, 0.25) is 5.91 Å². The number of benzene rings is 1. The summed E-state index contributed by atoms with van der Waals surface area (Å²) in [6.45, 7) is 3.25. The second-order valence-electron chi connectivity index (χ2n) is 7.62. The van der Waals surface area contributed by atoms with Gasteiger partial charge in [0, 0.05) is 17.6 Å². The van der Waals surface area contributed by atoms with Crippen molar-refractivity contribution in [3.8, 4) is 5.69 Å². The van der Waals surface area contributed by atoms with Crippen LogP contribution in [0.15, 0.2) is 35.7 Å². The predicted molar refractivity (Wildman–Crippen MR) is 108 cm³/mol. The lowest BCUT2D eigenvalue weighted by Crippen LogP contribution is -2.52. The third kappa shape index (κ3) is 4.02. The molecule has 0 N–H and O–H groups in total. The van der Waals surface area contributed by atoms with Crippen molar-refractivity contribution in [2.24, 2.45) is 11.8 Å². The fraction of sp³-hybridized carbons (Fsp3) is 0.550. The summed E-state index contributed by atoms with van der Waals surface area (Å²) in [7, 11) is 0. The monoisotopic (exact) mass is 404 g/mol. The Morgan fingerprint density at radius 1 is 1.30 bits per heavy atom. The molecule has 144 valence electrons. The quantitative estimate of drug-likeness (QED) is 0.707. The highest BCUT2D eigenvalue weighted by Gasteiger charge is 2.39. The number of thioether (sulfide) groups is 1. The van der Waals surface area contributed by atoms with Crippen LogP contribution in [-0.4, -0.2) is 43.9 Å². The van der Waals surface area contributed by atoms with E-state index in [4.69, 9.17) is 11.6 Å². The molecule has 3 atom stereocenters. The number of fused-ring (bicyclic) bond motifs is 1. The highest BCUT2D eigenvalue weighted by atomic mass is 35.5. The Labute approximate surface area is 169 Å². The molecule has 2 fully saturated rings. The first-order valence-electron chi connectivity index (χ1n) is 9.71. The molecule has 1 amide bonds. The Hall–Kier alpha value is -1.53. The van der Waals surface area contributed by atoms with E-state index >= 15 is 0 Å². The molecule has 0 spiro atoms. The zero-order valence-electron chi connectivity index (χ0n) is 15.6. The van der Waals surface area contributed by atoms with Gasteiger partial charge in [-0.1, -0.05) is 49.2 Å². The van der Waals surface area contributed by atoms with Crippen LogP contribution < -0.4 is 0 Å². The van der Waals surface area contributed by atoms with Crippen LogP contribution in [-0.2, 0) is 4.79 Å². The molecule has 0 bridgehead atoms. The van der Waals surface area contributed by atoms with Gasteiger partial charge in [0.1, 0.15) is 6.33 Å². The first-order valence-corrected chi connectivity index (χ1v) is 11.1. The van der Waals surface area contributed by atoms with E-state index in [1.807, 2.05) is 28.8 Å². The van der Waals surface area contributed by atoms with Crippen LogP contribution in [0.3, 0.4) is 0 Å². The molecule has 0 radical (unpaired) electrons. The maximum Gasteiger partial charge on any atom is 0.233 e. The zero-order valence-corrected chi connectivity index (χ0v) is 17.1. The molecule has 7 heteroatoms. The maximum absolute atomic E-state index is 13.0. The molecular formula is C20H25ClN4OS. The number of halogens is 1. The number of carbonyl (C=O) groups is 1. The van der Waals surface area contributed by atoms with Crippen molar-refractivity contribution in [3.05, 3.63) is 35.6 Å². The molecule has 1 aromatic heterocycles. The van der Waals surface area contributed by atoms with Crippen molar-refractivity contribution >= 4 is 29.3 Å². The second-order valence-corrected chi connectivity index (χ2v) is 9.00. The summed E-state index contributed by atoms with van der Waals surface area (Å²) in [4.78, 5) is 15.1. The Balaban J connectivity index is 1.43. The van der Waals surface area contributed by atoms with Crippen LogP contribution in [0.4, 0.5) is 0 Å². The predicted octanol–water partition coefficient (Wildman–Crippen LogP) is 4.44. The summed E-state index contributed by atoms with van der Waals surface area (Å²) < 4.78 is 1.88. The van der Waals surface area contributed by atoms with Gasteiger partial charge in [-0.05, 0) is 49.3 Å². The highest BCUT2D eigenvalue weighted by molar-refractivity contribution is 7.99. The van der Waals surface area contributed by atoms with Gasteiger partial charge in [-0.3, -0.25) is 9.36 Å². The van der Waals surface area contributed by atoms with Crippen LogP contribution in [0.25, 0.3) is 5.69 Å². The van der Waals surface area contributed by atoms with Crippen molar-refractivity contribution in [3.63, 3.8) is 0 Å².